The van der Waals surface area contributed by atoms with E-state index in [0.717, 1.165) is 44.7 Å². The number of hydrogen-bond acceptors (Lipinski definition) is 5. The molecule has 2 amide bonds. The van der Waals surface area contributed by atoms with E-state index in [-0.39, 0.29) is 11.1 Å². The molecule has 1 aliphatic heterocycles. The highest BCUT2D eigenvalue weighted by atomic mass is 79.9. The number of nitrogens with zero attached hydrogens (tertiary/aromatic N) is 1. The van der Waals surface area contributed by atoms with Crippen LogP contribution in [0.5, 0.6) is 11.5 Å². The van der Waals surface area contributed by atoms with Crippen molar-refractivity contribution in [2.45, 2.75) is 26.4 Å². The third kappa shape index (κ3) is 5.47. The van der Waals surface area contributed by atoms with Crippen LogP contribution in [0.25, 0.3) is 6.08 Å². The summed E-state index contributed by atoms with van der Waals surface area (Å²) in [6.45, 7) is 2.87. The first-order valence-electron chi connectivity index (χ1n) is 9.43. The number of imide groups is 1. The molecule has 1 saturated heterocycles. The maximum atomic E-state index is 12.6. The van der Waals surface area contributed by atoms with E-state index in [0.29, 0.717) is 29.6 Å². The predicted molar refractivity (Wildman–Crippen MR) is 127 cm³/mol. The Morgan fingerprint density at radius 3 is 2.50 bits per heavy atom. The lowest BCUT2D eigenvalue weighted by molar-refractivity contribution is -0.122. The number of hydrogen-bond donors (Lipinski definition) is 0. The van der Waals surface area contributed by atoms with Gasteiger partial charge in [0.25, 0.3) is 11.1 Å². The van der Waals surface area contributed by atoms with Gasteiger partial charge in [0.1, 0.15) is 6.61 Å². The summed E-state index contributed by atoms with van der Waals surface area (Å²) in [6.07, 6.45) is 3.43. The van der Waals surface area contributed by atoms with Crippen LogP contribution in [0.1, 0.15) is 30.9 Å². The van der Waals surface area contributed by atoms with Gasteiger partial charge in [-0.15, -0.1) is 0 Å². The van der Waals surface area contributed by atoms with E-state index in [1.54, 1.807) is 19.3 Å². The number of unbranched alkanes of at least 4 members (excludes halogenated alkanes) is 1. The molecule has 0 spiro atoms. The SMILES string of the molecule is CCCCN1C(=O)S/C(=C\c2cc(OC)c(OCc3ccc(Br)cc3)cc2Br)C1=O. The number of carbonyl (C=O) groups is 2. The molecule has 0 bridgehead atoms. The Kier molecular flexibility index (Phi) is 8.02. The number of thioether (sulfide) groups is 1. The van der Waals surface area contributed by atoms with Crippen LogP contribution in [0.3, 0.4) is 0 Å². The highest BCUT2D eigenvalue weighted by Crippen LogP contribution is 2.38. The fraction of sp³-hybridized carbons (Fsp3) is 0.273. The summed E-state index contributed by atoms with van der Waals surface area (Å²) >= 11 is 7.92. The predicted octanol–water partition coefficient (Wildman–Crippen LogP) is 6.64. The maximum Gasteiger partial charge on any atom is 0.293 e. The van der Waals surface area contributed by atoms with Gasteiger partial charge in [-0.3, -0.25) is 14.5 Å². The second-order valence-electron chi connectivity index (χ2n) is 6.63. The van der Waals surface area contributed by atoms with E-state index in [4.69, 9.17) is 9.47 Å². The average molecular weight is 555 g/mol. The van der Waals surface area contributed by atoms with Gasteiger partial charge in [-0.2, -0.15) is 0 Å². The Morgan fingerprint density at radius 2 is 1.83 bits per heavy atom. The van der Waals surface area contributed by atoms with Gasteiger partial charge < -0.3 is 9.47 Å². The molecule has 8 heteroatoms. The number of benzene rings is 2. The normalized spacial score (nSPS) is 15.2. The molecule has 3 rings (SSSR count). The number of rotatable bonds is 8. The zero-order valence-corrected chi connectivity index (χ0v) is 20.6. The quantitative estimate of drug-likeness (QED) is 0.342. The van der Waals surface area contributed by atoms with Crippen LogP contribution >= 0.6 is 43.6 Å². The highest BCUT2D eigenvalue weighted by Gasteiger charge is 2.34. The molecule has 0 aromatic heterocycles. The van der Waals surface area contributed by atoms with Gasteiger partial charge in [0.05, 0.1) is 12.0 Å². The lowest BCUT2D eigenvalue weighted by atomic mass is 10.1. The third-order valence-corrected chi connectivity index (χ3v) is 6.61. The van der Waals surface area contributed by atoms with E-state index < -0.39 is 0 Å². The van der Waals surface area contributed by atoms with Gasteiger partial charge >= 0.3 is 0 Å². The summed E-state index contributed by atoms with van der Waals surface area (Å²) in [5, 5.41) is -0.225. The topological polar surface area (TPSA) is 55.8 Å². The van der Waals surface area contributed by atoms with Gasteiger partial charge in [0.15, 0.2) is 11.5 Å². The molecule has 0 unspecified atom stereocenters. The van der Waals surface area contributed by atoms with Gasteiger partial charge in [0, 0.05) is 15.5 Å². The maximum absolute atomic E-state index is 12.6. The van der Waals surface area contributed by atoms with E-state index in [1.165, 1.54) is 4.90 Å². The third-order valence-electron chi connectivity index (χ3n) is 4.49. The second kappa shape index (κ2) is 10.5. The molecule has 30 heavy (non-hydrogen) atoms. The summed E-state index contributed by atoms with van der Waals surface area (Å²) in [5.74, 6) is 0.882. The summed E-state index contributed by atoms with van der Waals surface area (Å²) < 4.78 is 13.2. The largest absolute Gasteiger partial charge is 0.493 e. The van der Waals surface area contributed by atoms with Crippen LogP contribution in [0.2, 0.25) is 0 Å². The standard InChI is InChI=1S/C22H21Br2NO4S/c1-3-4-9-25-21(26)20(30-22(25)27)11-15-10-18(28-2)19(12-17(15)24)29-13-14-5-7-16(23)8-6-14/h5-8,10-12H,3-4,9,13H2,1-2H3/b20-11-. The smallest absolute Gasteiger partial charge is 0.293 e. The molecule has 2 aromatic carbocycles. The number of methoxy groups -OCH3 is 1. The zero-order valence-electron chi connectivity index (χ0n) is 16.6. The molecular weight excluding hydrogens is 534 g/mol. The first-order chi connectivity index (χ1) is 14.4. The minimum atomic E-state index is -0.250. The van der Waals surface area contributed by atoms with Crippen molar-refractivity contribution in [3.63, 3.8) is 0 Å². The van der Waals surface area contributed by atoms with E-state index in [2.05, 4.69) is 31.9 Å². The van der Waals surface area contributed by atoms with Crippen LogP contribution in [-0.2, 0) is 11.4 Å². The number of amides is 2. The van der Waals surface area contributed by atoms with E-state index >= 15 is 0 Å². The van der Waals surface area contributed by atoms with Crippen molar-refractivity contribution in [2.75, 3.05) is 13.7 Å². The zero-order chi connectivity index (χ0) is 21.7. The minimum Gasteiger partial charge on any atom is -0.493 e. The van der Waals surface area contributed by atoms with Crippen LogP contribution in [-0.4, -0.2) is 29.7 Å². The monoisotopic (exact) mass is 553 g/mol. The molecular formula is C22H21Br2NO4S. The molecule has 5 nitrogen and oxygen atoms in total. The first-order valence-corrected chi connectivity index (χ1v) is 11.8. The summed E-state index contributed by atoms with van der Waals surface area (Å²) in [7, 11) is 1.57. The van der Waals surface area contributed by atoms with Gasteiger partial charge in [-0.25, -0.2) is 0 Å². The Labute approximate surface area is 197 Å². The molecule has 1 aliphatic rings. The Hall–Kier alpha value is -1.77. The number of ether oxygens (including phenoxy) is 2. The fourth-order valence-corrected chi connectivity index (χ4v) is 4.38. The fourth-order valence-electron chi connectivity index (χ4n) is 2.83. The number of halogens is 2. The van der Waals surface area contributed by atoms with Crippen LogP contribution in [0, 0.1) is 0 Å². The van der Waals surface area contributed by atoms with Crippen molar-refractivity contribution in [2.24, 2.45) is 0 Å². The van der Waals surface area contributed by atoms with E-state index in [1.807, 2.05) is 37.3 Å². The molecule has 1 heterocycles. The Morgan fingerprint density at radius 1 is 1.10 bits per heavy atom. The highest BCUT2D eigenvalue weighted by molar-refractivity contribution is 9.10. The first kappa shape index (κ1) is 22.9. The average Bonchev–Trinajstić information content (AvgIpc) is 3.00. The summed E-state index contributed by atoms with van der Waals surface area (Å²) in [4.78, 5) is 26.5. The number of carbonyl (C=O) groups excluding carboxylic acids is 2. The molecule has 0 radical (unpaired) electrons. The van der Waals surface area contributed by atoms with Crippen molar-refractivity contribution in [1.82, 2.24) is 4.90 Å². The van der Waals surface area contributed by atoms with E-state index in [9.17, 15) is 9.59 Å². The molecule has 0 saturated carbocycles. The minimum absolute atomic E-state index is 0.225. The molecule has 158 valence electrons. The lowest BCUT2D eigenvalue weighted by Crippen LogP contribution is -2.29. The van der Waals surface area contributed by atoms with Gasteiger partial charge in [-0.05, 0) is 59.7 Å². The van der Waals surface area contributed by atoms with Crippen molar-refractivity contribution >= 4 is 60.8 Å². The van der Waals surface area contributed by atoms with Gasteiger partial charge in [-0.1, -0.05) is 57.3 Å². The summed E-state index contributed by atoms with van der Waals surface area (Å²) in [5.41, 5.74) is 1.77. The Bertz CT molecular complexity index is 976. The van der Waals surface area contributed by atoms with Crippen molar-refractivity contribution in [1.29, 1.82) is 0 Å². The van der Waals surface area contributed by atoms with Crippen molar-refractivity contribution in [3.05, 3.63) is 61.4 Å². The van der Waals surface area contributed by atoms with Crippen LogP contribution < -0.4 is 9.47 Å². The second-order valence-corrected chi connectivity index (χ2v) is 9.39. The molecule has 2 aromatic rings. The molecule has 0 atom stereocenters. The van der Waals surface area contributed by atoms with Crippen LogP contribution in [0.15, 0.2) is 50.2 Å². The molecule has 0 aliphatic carbocycles. The lowest BCUT2D eigenvalue weighted by Gasteiger charge is -2.13. The van der Waals surface area contributed by atoms with Gasteiger partial charge in [0.2, 0.25) is 0 Å². The molecule has 0 N–H and O–H groups in total. The Balaban J connectivity index is 1.80. The molecule has 1 fully saturated rings. The van der Waals surface area contributed by atoms with Crippen molar-refractivity contribution < 1.29 is 19.1 Å². The van der Waals surface area contributed by atoms with Crippen molar-refractivity contribution in [3.8, 4) is 11.5 Å². The van der Waals surface area contributed by atoms with Crippen LogP contribution in [0.4, 0.5) is 4.79 Å². The summed E-state index contributed by atoms with van der Waals surface area (Å²) in [6, 6.07) is 11.5.